The van der Waals surface area contributed by atoms with Crippen molar-refractivity contribution in [3.8, 4) is 5.69 Å². The second kappa shape index (κ2) is 5.15. The average Bonchev–Trinajstić information content (AvgIpc) is 2.97. The van der Waals surface area contributed by atoms with E-state index in [0.717, 1.165) is 40.4 Å². The summed E-state index contributed by atoms with van der Waals surface area (Å²) in [6, 6.07) is 4.71. The van der Waals surface area contributed by atoms with Crippen molar-refractivity contribution in [3.05, 3.63) is 41.1 Å². The van der Waals surface area contributed by atoms with Crippen molar-refractivity contribution in [3.63, 3.8) is 0 Å². The molecule has 0 saturated heterocycles. The zero-order chi connectivity index (χ0) is 15.1. The van der Waals surface area contributed by atoms with E-state index in [1.807, 2.05) is 25.5 Å². The van der Waals surface area contributed by atoms with Gasteiger partial charge < -0.3 is 0 Å². The van der Waals surface area contributed by atoms with Crippen molar-refractivity contribution in [2.75, 3.05) is 0 Å². The number of hydrogen-bond donors (Lipinski definition) is 0. The molecule has 0 aliphatic carbocycles. The van der Waals surface area contributed by atoms with Crippen LogP contribution in [-0.4, -0.2) is 19.3 Å². The number of benzene rings is 1. The SMILES string of the molecule is CCc1nn(C)c2c1nc(CCl)n2-c1ccc(F)cc1C. The van der Waals surface area contributed by atoms with Crippen LogP contribution >= 0.6 is 11.6 Å². The normalized spacial score (nSPS) is 11.5. The lowest BCUT2D eigenvalue weighted by atomic mass is 10.2. The summed E-state index contributed by atoms with van der Waals surface area (Å²) in [7, 11) is 1.89. The van der Waals surface area contributed by atoms with E-state index in [1.165, 1.54) is 12.1 Å². The van der Waals surface area contributed by atoms with Crippen LogP contribution in [0.2, 0.25) is 0 Å². The lowest BCUT2D eigenvalue weighted by molar-refractivity contribution is 0.626. The Bertz CT molecular complexity index is 819. The highest BCUT2D eigenvalue weighted by Gasteiger charge is 2.20. The Labute approximate surface area is 127 Å². The van der Waals surface area contributed by atoms with Crippen LogP contribution in [0.3, 0.4) is 0 Å². The third-order valence-corrected chi connectivity index (χ3v) is 3.87. The molecule has 0 unspecified atom stereocenters. The quantitative estimate of drug-likeness (QED) is 0.694. The largest absolute Gasteiger partial charge is 0.280 e. The second-order valence-electron chi connectivity index (χ2n) is 5.02. The minimum Gasteiger partial charge on any atom is -0.280 e. The number of nitrogens with zero attached hydrogens (tertiary/aromatic N) is 4. The fraction of sp³-hybridized carbons (Fsp3) is 0.333. The van der Waals surface area contributed by atoms with Gasteiger partial charge in [-0.3, -0.25) is 4.57 Å². The Hall–Kier alpha value is -1.88. The van der Waals surface area contributed by atoms with Crippen LogP contribution in [0.25, 0.3) is 16.9 Å². The van der Waals surface area contributed by atoms with E-state index < -0.39 is 0 Å². The summed E-state index contributed by atoms with van der Waals surface area (Å²) in [5.74, 6) is 0.776. The van der Waals surface area contributed by atoms with E-state index >= 15 is 0 Å². The molecule has 1 aromatic carbocycles. The third-order valence-electron chi connectivity index (χ3n) is 3.63. The summed E-state index contributed by atoms with van der Waals surface area (Å²) in [6.07, 6.45) is 0.804. The molecule has 0 saturated carbocycles. The van der Waals surface area contributed by atoms with Crippen molar-refractivity contribution in [1.29, 1.82) is 0 Å². The Morgan fingerprint density at radius 2 is 2.10 bits per heavy atom. The summed E-state index contributed by atoms with van der Waals surface area (Å²) in [4.78, 5) is 4.62. The molecule has 2 aromatic heterocycles. The first kappa shape index (κ1) is 14.1. The lowest BCUT2D eigenvalue weighted by Crippen LogP contribution is -2.06. The van der Waals surface area contributed by atoms with E-state index in [0.29, 0.717) is 0 Å². The molecule has 110 valence electrons. The molecule has 3 rings (SSSR count). The van der Waals surface area contributed by atoms with Gasteiger partial charge in [-0.1, -0.05) is 6.92 Å². The number of fused-ring (bicyclic) bond motifs is 1. The maximum Gasteiger partial charge on any atom is 0.163 e. The van der Waals surface area contributed by atoms with Crippen LogP contribution in [0, 0.1) is 12.7 Å². The second-order valence-corrected chi connectivity index (χ2v) is 5.29. The molecule has 0 amide bonds. The predicted octanol–water partition coefficient (Wildman–Crippen LogP) is 3.51. The van der Waals surface area contributed by atoms with Gasteiger partial charge in [0.15, 0.2) is 5.65 Å². The molecule has 3 aromatic rings. The number of imidazole rings is 1. The minimum atomic E-state index is -0.251. The number of rotatable bonds is 3. The van der Waals surface area contributed by atoms with Gasteiger partial charge in [0.2, 0.25) is 0 Å². The molecule has 6 heteroatoms. The van der Waals surface area contributed by atoms with E-state index in [-0.39, 0.29) is 11.7 Å². The Morgan fingerprint density at radius 1 is 1.33 bits per heavy atom. The van der Waals surface area contributed by atoms with Gasteiger partial charge in [-0.2, -0.15) is 5.10 Å². The van der Waals surface area contributed by atoms with Crippen LogP contribution in [0.4, 0.5) is 4.39 Å². The van der Waals surface area contributed by atoms with Gasteiger partial charge in [0.1, 0.15) is 17.2 Å². The number of halogens is 2. The molecule has 4 nitrogen and oxygen atoms in total. The van der Waals surface area contributed by atoms with Crippen molar-refractivity contribution in [2.45, 2.75) is 26.1 Å². The summed E-state index contributed by atoms with van der Waals surface area (Å²) in [5, 5.41) is 4.49. The van der Waals surface area contributed by atoms with Gasteiger partial charge in [0, 0.05) is 7.05 Å². The maximum absolute atomic E-state index is 13.4. The highest BCUT2D eigenvalue weighted by Crippen LogP contribution is 2.27. The van der Waals surface area contributed by atoms with Crippen LogP contribution in [0.5, 0.6) is 0 Å². The first-order valence-corrected chi connectivity index (χ1v) is 7.36. The molecule has 2 heterocycles. The molecule has 0 N–H and O–H groups in total. The monoisotopic (exact) mass is 306 g/mol. The standard InChI is InChI=1S/C15H16ClFN4/c1-4-11-14-15(20(3)19-11)21(13(8-16)18-14)12-6-5-10(17)7-9(12)2/h5-7H,4,8H2,1-3H3. The van der Waals surface area contributed by atoms with Gasteiger partial charge >= 0.3 is 0 Å². The number of alkyl halides is 1. The molecule has 0 fully saturated rings. The van der Waals surface area contributed by atoms with E-state index in [4.69, 9.17) is 11.6 Å². The van der Waals surface area contributed by atoms with Crippen molar-refractivity contribution >= 4 is 22.8 Å². The molecule has 0 atom stereocenters. The number of hydrogen-bond acceptors (Lipinski definition) is 2. The van der Waals surface area contributed by atoms with Gasteiger partial charge in [-0.15, -0.1) is 11.6 Å². The van der Waals surface area contributed by atoms with Gasteiger partial charge in [0.05, 0.1) is 17.3 Å². The Balaban J connectivity index is 2.37. The molecular formula is C15H16ClFN4. The molecule has 0 bridgehead atoms. The summed E-state index contributed by atoms with van der Waals surface area (Å²) < 4.78 is 17.1. The summed E-state index contributed by atoms with van der Waals surface area (Å²) in [5.41, 5.74) is 4.40. The molecule has 0 spiro atoms. The zero-order valence-corrected chi connectivity index (χ0v) is 12.9. The Kier molecular flexibility index (Phi) is 3.45. The molecule has 21 heavy (non-hydrogen) atoms. The van der Waals surface area contributed by atoms with E-state index in [1.54, 1.807) is 10.7 Å². The molecule has 0 radical (unpaired) electrons. The lowest BCUT2D eigenvalue weighted by Gasteiger charge is -2.11. The van der Waals surface area contributed by atoms with Gasteiger partial charge in [-0.05, 0) is 37.1 Å². The van der Waals surface area contributed by atoms with Crippen LogP contribution in [0.1, 0.15) is 24.0 Å². The first-order valence-electron chi connectivity index (χ1n) is 6.82. The van der Waals surface area contributed by atoms with Crippen LogP contribution < -0.4 is 0 Å². The maximum atomic E-state index is 13.4. The molecule has 0 aliphatic rings. The zero-order valence-electron chi connectivity index (χ0n) is 12.2. The van der Waals surface area contributed by atoms with Gasteiger partial charge in [0.25, 0.3) is 0 Å². The minimum absolute atomic E-state index is 0.251. The topological polar surface area (TPSA) is 35.6 Å². The highest BCUT2D eigenvalue weighted by molar-refractivity contribution is 6.17. The number of aryl methyl sites for hydroxylation is 3. The predicted molar refractivity (Wildman–Crippen MR) is 81.5 cm³/mol. The average molecular weight is 307 g/mol. The fourth-order valence-electron chi connectivity index (χ4n) is 2.68. The Morgan fingerprint density at radius 3 is 2.71 bits per heavy atom. The third kappa shape index (κ3) is 2.12. The molecule has 0 aliphatic heterocycles. The highest BCUT2D eigenvalue weighted by atomic mass is 35.5. The van der Waals surface area contributed by atoms with Crippen LogP contribution in [0.15, 0.2) is 18.2 Å². The first-order chi connectivity index (χ1) is 10.1. The smallest absolute Gasteiger partial charge is 0.163 e. The number of aromatic nitrogens is 4. The van der Waals surface area contributed by atoms with Crippen molar-refractivity contribution in [1.82, 2.24) is 19.3 Å². The van der Waals surface area contributed by atoms with E-state index in [9.17, 15) is 4.39 Å². The van der Waals surface area contributed by atoms with Crippen molar-refractivity contribution < 1.29 is 4.39 Å². The fourth-order valence-corrected chi connectivity index (χ4v) is 2.85. The molecular weight excluding hydrogens is 291 g/mol. The van der Waals surface area contributed by atoms with Crippen molar-refractivity contribution in [2.24, 2.45) is 7.05 Å². The van der Waals surface area contributed by atoms with E-state index in [2.05, 4.69) is 10.1 Å². The van der Waals surface area contributed by atoms with Crippen LogP contribution in [-0.2, 0) is 19.3 Å². The summed E-state index contributed by atoms with van der Waals surface area (Å²) >= 11 is 6.05. The van der Waals surface area contributed by atoms with Gasteiger partial charge in [-0.25, -0.2) is 14.1 Å². The summed E-state index contributed by atoms with van der Waals surface area (Å²) in [6.45, 7) is 3.92.